The first-order valence-electron chi connectivity index (χ1n) is 4.21. The van der Waals surface area contributed by atoms with Gasteiger partial charge in [0.25, 0.3) is 0 Å². The molecular weight excluding hydrogens is 320 g/mol. The van der Waals surface area contributed by atoms with Crippen LogP contribution in [0.3, 0.4) is 0 Å². The molecule has 16 heavy (non-hydrogen) atoms. The van der Waals surface area contributed by atoms with Gasteiger partial charge in [0, 0.05) is 13.4 Å². The Balaban J connectivity index is 3.13. The van der Waals surface area contributed by atoms with Gasteiger partial charge >= 0.3 is 0 Å². The molecular formula is C8H10BrClN2O3S. The summed E-state index contributed by atoms with van der Waals surface area (Å²) in [5.74, 6) is -0.0702. The fraction of sp³-hybridized carbons (Fsp3) is 0.500. The van der Waals surface area contributed by atoms with Crippen LogP contribution in [-0.2, 0) is 26.9 Å². The average molecular weight is 330 g/mol. The van der Waals surface area contributed by atoms with Crippen molar-refractivity contribution in [3.05, 3.63) is 21.1 Å². The summed E-state index contributed by atoms with van der Waals surface area (Å²) in [6.45, 7) is 0.236. The molecule has 0 N–H and O–H groups in total. The predicted octanol–water partition coefficient (Wildman–Crippen LogP) is 1.58. The lowest BCUT2D eigenvalue weighted by molar-refractivity contribution is 0.180. The van der Waals surface area contributed by atoms with Crippen LogP contribution < -0.4 is 0 Å². The standard InChI is InChI=1S/C8H10BrClN2O3S/c1-15-3-5-7(9)8(10)12-6(11-5)4-16(2,13)14/h3-4H2,1-2H3. The highest BCUT2D eigenvalue weighted by molar-refractivity contribution is 9.10. The summed E-state index contributed by atoms with van der Waals surface area (Å²) in [6, 6.07) is 0. The quantitative estimate of drug-likeness (QED) is 0.785. The van der Waals surface area contributed by atoms with Crippen LogP contribution in [0.15, 0.2) is 4.47 Å². The van der Waals surface area contributed by atoms with E-state index in [1.165, 1.54) is 7.11 Å². The van der Waals surface area contributed by atoms with Crippen molar-refractivity contribution in [2.75, 3.05) is 13.4 Å². The number of hydrogen-bond acceptors (Lipinski definition) is 5. The minimum absolute atomic E-state index is 0.169. The molecule has 0 amide bonds. The maximum atomic E-state index is 11.1. The van der Waals surface area contributed by atoms with Crippen molar-refractivity contribution in [1.29, 1.82) is 0 Å². The van der Waals surface area contributed by atoms with Gasteiger partial charge in [0.15, 0.2) is 9.84 Å². The first kappa shape index (κ1) is 13.8. The molecule has 0 atom stereocenters. The average Bonchev–Trinajstić information content (AvgIpc) is 2.11. The Bertz CT molecular complexity index is 492. The number of halogens is 2. The molecule has 0 unspecified atom stereocenters. The molecule has 0 spiro atoms. The van der Waals surface area contributed by atoms with Crippen molar-refractivity contribution >= 4 is 37.4 Å². The third-order valence-corrected chi connectivity index (χ3v) is 3.72. The maximum Gasteiger partial charge on any atom is 0.154 e. The lowest BCUT2D eigenvalue weighted by Crippen LogP contribution is -2.08. The molecule has 8 heteroatoms. The van der Waals surface area contributed by atoms with Gasteiger partial charge in [0.1, 0.15) is 16.7 Å². The van der Waals surface area contributed by atoms with Crippen LogP contribution >= 0.6 is 27.5 Å². The topological polar surface area (TPSA) is 69.2 Å². The molecule has 0 fully saturated rings. The number of hydrogen-bond donors (Lipinski definition) is 0. The van der Waals surface area contributed by atoms with Crippen molar-refractivity contribution in [2.24, 2.45) is 0 Å². The van der Waals surface area contributed by atoms with E-state index in [-0.39, 0.29) is 23.3 Å². The lowest BCUT2D eigenvalue weighted by Gasteiger charge is -2.06. The summed E-state index contributed by atoms with van der Waals surface area (Å²) in [7, 11) is -1.67. The normalized spacial score (nSPS) is 11.8. The number of sulfone groups is 1. The highest BCUT2D eigenvalue weighted by atomic mass is 79.9. The molecule has 0 aliphatic rings. The molecule has 0 aliphatic heterocycles. The number of methoxy groups -OCH3 is 1. The van der Waals surface area contributed by atoms with Crippen molar-refractivity contribution in [2.45, 2.75) is 12.4 Å². The van der Waals surface area contributed by atoms with E-state index in [2.05, 4.69) is 25.9 Å². The molecule has 0 bridgehead atoms. The van der Waals surface area contributed by atoms with Crippen LogP contribution in [-0.4, -0.2) is 31.8 Å². The zero-order valence-electron chi connectivity index (χ0n) is 8.70. The largest absolute Gasteiger partial charge is 0.378 e. The fourth-order valence-electron chi connectivity index (χ4n) is 1.04. The van der Waals surface area contributed by atoms with Gasteiger partial charge < -0.3 is 4.74 Å². The third-order valence-electron chi connectivity index (χ3n) is 1.60. The van der Waals surface area contributed by atoms with Gasteiger partial charge in [0.05, 0.1) is 16.8 Å². The summed E-state index contributed by atoms with van der Waals surface area (Å²) in [6.07, 6.45) is 1.11. The van der Waals surface area contributed by atoms with E-state index < -0.39 is 9.84 Å². The zero-order valence-corrected chi connectivity index (χ0v) is 11.9. The van der Waals surface area contributed by atoms with Crippen LogP contribution in [0.5, 0.6) is 0 Å². The second kappa shape index (κ2) is 5.39. The van der Waals surface area contributed by atoms with E-state index >= 15 is 0 Å². The van der Waals surface area contributed by atoms with E-state index in [0.717, 1.165) is 6.26 Å². The van der Waals surface area contributed by atoms with Crippen LogP contribution in [0, 0.1) is 0 Å². The monoisotopic (exact) mass is 328 g/mol. The number of rotatable bonds is 4. The van der Waals surface area contributed by atoms with Crippen LogP contribution in [0.1, 0.15) is 11.5 Å². The molecule has 1 heterocycles. The fourth-order valence-corrected chi connectivity index (χ4v) is 2.14. The Labute approximate surface area is 107 Å². The Kier molecular flexibility index (Phi) is 4.66. The molecule has 0 radical (unpaired) electrons. The van der Waals surface area contributed by atoms with Crippen LogP contribution in [0.25, 0.3) is 0 Å². The molecule has 90 valence electrons. The molecule has 1 aromatic heterocycles. The lowest BCUT2D eigenvalue weighted by atomic mass is 10.4. The van der Waals surface area contributed by atoms with Gasteiger partial charge in [-0.05, 0) is 15.9 Å². The summed E-state index contributed by atoms with van der Waals surface area (Å²) in [5.41, 5.74) is 0.529. The smallest absolute Gasteiger partial charge is 0.154 e. The SMILES string of the molecule is COCc1nc(CS(C)(=O)=O)nc(Cl)c1Br. The first-order chi connectivity index (χ1) is 7.33. The van der Waals surface area contributed by atoms with Gasteiger partial charge in [0.2, 0.25) is 0 Å². The third kappa shape index (κ3) is 3.97. The van der Waals surface area contributed by atoms with E-state index in [9.17, 15) is 8.42 Å². The Morgan fingerprint density at radius 2 is 2.06 bits per heavy atom. The van der Waals surface area contributed by atoms with Crippen molar-refractivity contribution < 1.29 is 13.2 Å². The van der Waals surface area contributed by atoms with Crippen molar-refractivity contribution in [3.8, 4) is 0 Å². The van der Waals surface area contributed by atoms with Crippen molar-refractivity contribution in [1.82, 2.24) is 9.97 Å². The van der Waals surface area contributed by atoms with E-state index in [1.807, 2.05) is 0 Å². The van der Waals surface area contributed by atoms with Gasteiger partial charge in [-0.3, -0.25) is 0 Å². The molecule has 0 aromatic carbocycles. The first-order valence-corrected chi connectivity index (χ1v) is 7.44. The second-order valence-corrected chi connectivity index (χ2v) is 6.49. The second-order valence-electron chi connectivity index (χ2n) is 3.19. The molecule has 0 saturated heterocycles. The molecule has 5 nitrogen and oxygen atoms in total. The molecule has 1 aromatic rings. The van der Waals surface area contributed by atoms with E-state index in [4.69, 9.17) is 16.3 Å². The minimum atomic E-state index is -3.18. The summed E-state index contributed by atoms with van der Waals surface area (Å²) >= 11 is 9.04. The molecule has 1 rings (SSSR count). The van der Waals surface area contributed by atoms with E-state index in [0.29, 0.717) is 10.2 Å². The van der Waals surface area contributed by atoms with Crippen LogP contribution in [0.4, 0.5) is 0 Å². The highest BCUT2D eigenvalue weighted by Crippen LogP contribution is 2.24. The number of nitrogens with zero attached hydrogens (tertiary/aromatic N) is 2. The summed E-state index contributed by atoms with van der Waals surface area (Å²) in [5, 5.41) is 0.181. The minimum Gasteiger partial charge on any atom is -0.378 e. The van der Waals surface area contributed by atoms with Gasteiger partial charge in [-0.15, -0.1) is 0 Å². The van der Waals surface area contributed by atoms with E-state index in [1.54, 1.807) is 0 Å². The van der Waals surface area contributed by atoms with Gasteiger partial charge in [-0.1, -0.05) is 11.6 Å². The van der Waals surface area contributed by atoms with Crippen molar-refractivity contribution in [3.63, 3.8) is 0 Å². The number of aromatic nitrogens is 2. The van der Waals surface area contributed by atoms with Gasteiger partial charge in [-0.2, -0.15) is 0 Å². The predicted molar refractivity (Wildman–Crippen MR) is 64.0 cm³/mol. The molecule has 0 aliphatic carbocycles. The Hall–Kier alpha value is -0.240. The van der Waals surface area contributed by atoms with Gasteiger partial charge in [-0.25, -0.2) is 18.4 Å². The summed E-state index contributed by atoms with van der Waals surface area (Å²) < 4.78 is 27.6. The van der Waals surface area contributed by atoms with Crippen LogP contribution in [0.2, 0.25) is 5.15 Å². The Morgan fingerprint density at radius 1 is 1.44 bits per heavy atom. The molecule has 0 saturated carbocycles. The summed E-state index contributed by atoms with van der Waals surface area (Å²) in [4.78, 5) is 7.94. The number of ether oxygens (including phenoxy) is 1. The highest BCUT2D eigenvalue weighted by Gasteiger charge is 2.14. The zero-order chi connectivity index (χ0) is 12.3. The maximum absolute atomic E-state index is 11.1. The Morgan fingerprint density at radius 3 is 2.56 bits per heavy atom.